The molecule has 18 heavy (non-hydrogen) atoms. The van der Waals surface area contributed by atoms with Crippen molar-refractivity contribution in [2.45, 2.75) is 32.7 Å². The van der Waals surface area contributed by atoms with Gasteiger partial charge in [0.2, 0.25) is 0 Å². The van der Waals surface area contributed by atoms with Crippen molar-refractivity contribution in [2.24, 2.45) is 5.84 Å². The molecular weight excluding hydrogens is 228 g/mol. The molecule has 1 aliphatic carbocycles. The molecule has 0 radical (unpaired) electrons. The third-order valence-corrected chi connectivity index (χ3v) is 3.38. The lowest BCUT2D eigenvalue weighted by atomic mass is 10.3. The molecule has 1 fully saturated rings. The van der Waals surface area contributed by atoms with E-state index in [-0.39, 0.29) is 0 Å². The van der Waals surface area contributed by atoms with Gasteiger partial charge in [0.15, 0.2) is 0 Å². The first-order valence-corrected chi connectivity index (χ1v) is 6.52. The van der Waals surface area contributed by atoms with Crippen molar-refractivity contribution in [1.82, 2.24) is 14.9 Å². The third-order valence-electron chi connectivity index (χ3n) is 3.38. The number of nitrogens with two attached hydrogens (primary N) is 1. The van der Waals surface area contributed by atoms with Crippen LogP contribution >= 0.6 is 0 Å². The van der Waals surface area contributed by atoms with Crippen molar-refractivity contribution in [3.05, 3.63) is 11.9 Å². The highest BCUT2D eigenvalue weighted by Crippen LogP contribution is 2.26. The van der Waals surface area contributed by atoms with Crippen LogP contribution in [-0.4, -0.2) is 40.5 Å². The zero-order valence-corrected chi connectivity index (χ0v) is 11.1. The zero-order valence-electron chi connectivity index (χ0n) is 11.1. The summed E-state index contributed by atoms with van der Waals surface area (Å²) >= 11 is 0. The second kappa shape index (κ2) is 5.97. The van der Waals surface area contributed by atoms with Crippen molar-refractivity contribution < 1.29 is 0 Å². The summed E-state index contributed by atoms with van der Waals surface area (Å²) in [6, 6.07) is 0.810. The van der Waals surface area contributed by atoms with Gasteiger partial charge in [-0.2, -0.15) is 0 Å². The number of hydrogen-bond donors (Lipinski definition) is 3. The lowest BCUT2D eigenvalue weighted by Gasteiger charge is -2.20. The molecule has 1 aromatic rings. The van der Waals surface area contributed by atoms with Crippen LogP contribution in [0.4, 0.5) is 11.6 Å². The normalized spacial score (nSPS) is 14.9. The quantitative estimate of drug-likeness (QED) is 0.494. The molecule has 0 unspecified atom stereocenters. The highest BCUT2D eigenvalue weighted by atomic mass is 15.3. The van der Waals surface area contributed by atoms with Gasteiger partial charge in [0.05, 0.1) is 0 Å². The molecule has 2 rings (SSSR count). The van der Waals surface area contributed by atoms with Crippen molar-refractivity contribution in [2.75, 3.05) is 30.4 Å². The standard InChI is InChI=1S/C12H22N6/c1-3-18(10-4-5-10)7-6-14-11-9(2)12(17-13)16-8-15-11/h8,10H,3-7,13H2,1-2H3,(H2,14,15,16,17). The Balaban J connectivity index is 1.85. The highest BCUT2D eigenvalue weighted by Gasteiger charge is 2.27. The molecular formula is C12H22N6. The molecule has 0 bridgehead atoms. The first-order valence-electron chi connectivity index (χ1n) is 6.52. The smallest absolute Gasteiger partial charge is 0.148 e. The molecule has 1 heterocycles. The molecule has 0 spiro atoms. The fourth-order valence-corrected chi connectivity index (χ4v) is 2.13. The van der Waals surface area contributed by atoms with Crippen molar-refractivity contribution in [3.8, 4) is 0 Å². The van der Waals surface area contributed by atoms with E-state index in [1.807, 2.05) is 6.92 Å². The molecule has 0 amide bonds. The first-order chi connectivity index (χ1) is 8.76. The van der Waals surface area contributed by atoms with E-state index in [2.05, 4.69) is 32.5 Å². The van der Waals surface area contributed by atoms with Crippen LogP contribution in [0, 0.1) is 6.92 Å². The largest absolute Gasteiger partial charge is 0.368 e. The molecule has 100 valence electrons. The fraction of sp³-hybridized carbons (Fsp3) is 0.667. The molecule has 6 heteroatoms. The Bertz CT molecular complexity index is 390. The average Bonchev–Trinajstić information content (AvgIpc) is 3.21. The second-order valence-electron chi connectivity index (χ2n) is 4.63. The van der Waals surface area contributed by atoms with Crippen LogP contribution in [0.2, 0.25) is 0 Å². The van der Waals surface area contributed by atoms with Gasteiger partial charge in [-0.25, -0.2) is 15.8 Å². The van der Waals surface area contributed by atoms with Crippen LogP contribution in [0.25, 0.3) is 0 Å². The maximum atomic E-state index is 5.39. The number of nitrogen functional groups attached to an aromatic ring is 1. The minimum Gasteiger partial charge on any atom is -0.368 e. The van der Waals surface area contributed by atoms with Gasteiger partial charge in [-0.3, -0.25) is 4.90 Å². The molecule has 1 saturated carbocycles. The summed E-state index contributed by atoms with van der Waals surface area (Å²) in [7, 11) is 0. The monoisotopic (exact) mass is 250 g/mol. The van der Waals surface area contributed by atoms with Crippen molar-refractivity contribution >= 4 is 11.6 Å². The zero-order chi connectivity index (χ0) is 13.0. The third kappa shape index (κ3) is 3.08. The summed E-state index contributed by atoms with van der Waals surface area (Å²) in [6.07, 6.45) is 4.21. The summed E-state index contributed by atoms with van der Waals surface area (Å²) in [5.41, 5.74) is 3.53. The van der Waals surface area contributed by atoms with Gasteiger partial charge >= 0.3 is 0 Å². The number of aromatic nitrogens is 2. The molecule has 1 aliphatic rings. The number of rotatable bonds is 7. The number of anilines is 2. The molecule has 4 N–H and O–H groups in total. The summed E-state index contributed by atoms with van der Waals surface area (Å²) in [6.45, 7) is 7.23. The maximum absolute atomic E-state index is 5.39. The number of likely N-dealkylation sites (N-methyl/N-ethyl adjacent to an activating group) is 1. The number of nitrogens with one attached hydrogen (secondary N) is 2. The topological polar surface area (TPSA) is 79.1 Å². The number of hydrogen-bond acceptors (Lipinski definition) is 6. The predicted molar refractivity (Wildman–Crippen MR) is 73.3 cm³/mol. The average molecular weight is 250 g/mol. The van der Waals surface area contributed by atoms with E-state index in [1.165, 1.54) is 19.2 Å². The molecule has 1 aromatic heterocycles. The molecule has 0 aromatic carbocycles. The predicted octanol–water partition coefficient (Wildman–Crippen LogP) is 0.967. The van der Waals surface area contributed by atoms with Gasteiger partial charge in [-0.05, 0) is 26.3 Å². The second-order valence-corrected chi connectivity index (χ2v) is 4.63. The highest BCUT2D eigenvalue weighted by molar-refractivity contribution is 5.55. The van der Waals surface area contributed by atoms with Crippen LogP contribution in [0.15, 0.2) is 6.33 Å². The lowest BCUT2D eigenvalue weighted by molar-refractivity contribution is 0.289. The van der Waals surface area contributed by atoms with Crippen molar-refractivity contribution in [3.63, 3.8) is 0 Å². The summed E-state index contributed by atoms with van der Waals surface area (Å²) < 4.78 is 0. The van der Waals surface area contributed by atoms with E-state index in [0.29, 0.717) is 5.82 Å². The van der Waals surface area contributed by atoms with Crippen LogP contribution in [0.5, 0.6) is 0 Å². The van der Waals surface area contributed by atoms with E-state index >= 15 is 0 Å². The minimum atomic E-state index is 0.669. The molecule has 0 aliphatic heterocycles. The summed E-state index contributed by atoms with van der Waals surface area (Å²) in [4.78, 5) is 10.8. The Morgan fingerprint density at radius 2 is 2.11 bits per heavy atom. The fourth-order valence-electron chi connectivity index (χ4n) is 2.13. The van der Waals surface area contributed by atoms with Gasteiger partial charge in [0.1, 0.15) is 18.0 Å². The summed E-state index contributed by atoms with van der Waals surface area (Å²) in [5, 5.41) is 3.35. The Hall–Kier alpha value is -1.40. The van der Waals surface area contributed by atoms with Gasteiger partial charge in [-0.1, -0.05) is 6.92 Å². The van der Waals surface area contributed by atoms with Crippen LogP contribution in [0.3, 0.4) is 0 Å². The van der Waals surface area contributed by atoms with Crippen molar-refractivity contribution in [1.29, 1.82) is 0 Å². The SMILES string of the molecule is CCN(CCNc1ncnc(NN)c1C)C1CC1. The van der Waals surface area contributed by atoms with Crippen LogP contribution in [0.1, 0.15) is 25.3 Å². The van der Waals surface area contributed by atoms with Gasteiger partial charge in [-0.15, -0.1) is 0 Å². The van der Waals surface area contributed by atoms with E-state index in [1.54, 1.807) is 0 Å². The van der Waals surface area contributed by atoms with Gasteiger partial charge < -0.3 is 10.7 Å². The summed E-state index contributed by atoms with van der Waals surface area (Å²) in [5.74, 6) is 6.91. The Morgan fingerprint density at radius 3 is 2.72 bits per heavy atom. The van der Waals surface area contributed by atoms with E-state index in [9.17, 15) is 0 Å². The maximum Gasteiger partial charge on any atom is 0.148 e. The van der Waals surface area contributed by atoms with Gasteiger partial charge in [0.25, 0.3) is 0 Å². The molecule has 0 saturated heterocycles. The van der Waals surface area contributed by atoms with Crippen LogP contribution in [-0.2, 0) is 0 Å². The lowest BCUT2D eigenvalue weighted by Crippen LogP contribution is -2.31. The Morgan fingerprint density at radius 1 is 1.39 bits per heavy atom. The van der Waals surface area contributed by atoms with E-state index in [4.69, 9.17) is 5.84 Å². The molecule has 0 atom stereocenters. The first kappa shape index (κ1) is 13.0. The van der Waals surface area contributed by atoms with Gasteiger partial charge in [0, 0.05) is 24.7 Å². The van der Waals surface area contributed by atoms with Crippen LogP contribution < -0.4 is 16.6 Å². The Labute approximate surface area is 108 Å². The number of hydrazine groups is 1. The molecule has 6 nitrogen and oxygen atoms in total. The number of nitrogens with zero attached hydrogens (tertiary/aromatic N) is 3. The minimum absolute atomic E-state index is 0.669. The van der Waals surface area contributed by atoms with E-state index < -0.39 is 0 Å². The van der Waals surface area contributed by atoms with E-state index in [0.717, 1.165) is 37.1 Å². The Kier molecular flexibility index (Phi) is 4.33.